The second-order valence-corrected chi connectivity index (χ2v) is 4.95. The monoisotopic (exact) mass is 308 g/mol. The molecule has 1 aromatic heterocycles. The number of nitrogens with one attached hydrogen (secondary N) is 1. The molecule has 94 valence electrons. The van der Waals surface area contributed by atoms with E-state index in [4.69, 9.17) is 4.74 Å². The third kappa shape index (κ3) is 3.20. The lowest BCUT2D eigenvalue weighted by Gasteiger charge is -2.06. The number of H-pyrrole nitrogens is 1. The summed E-state index contributed by atoms with van der Waals surface area (Å²) in [5.41, 5.74) is 2.88. The first-order valence-electron chi connectivity index (χ1n) is 5.58. The van der Waals surface area contributed by atoms with Gasteiger partial charge in [0.25, 0.3) is 6.47 Å². The summed E-state index contributed by atoms with van der Waals surface area (Å²) in [7, 11) is 0. The second kappa shape index (κ2) is 5.82. The number of halogens is 1. The largest absolute Gasteiger partial charge is 0.464 e. The van der Waals surface area contributed by atoms with Crippen molar-refractivity contribution in [1.29, 1.82) is 0 Å². The Balaban J connectivity index is 2.10. The van der Waals surface area contributed by atoms with Crippen molar-refractivity contribution in [2.45, 2.75) is 19.4 Å². The van der Waals surface area contributed by atoms with Crippen molar-refractivity contribution >= 4 is 22.4 Å². The Morgan fingerprint density at radius 3 is 2.83 bits per heavy atom. The average molecular weight is 309 g/mol. The number of rotatable bonds is 5. The molecule has 1 N–H and O–H groups in total. The van der Waals surface area contributed by atoms with Crippen LogP contribution in [0.3, 0.4) is 0 Å². The molecule has 0 amide bonds. The van der Waals surface area contributed by atoms with E-state index < -0.39 is 0 Å². The van der Waals surface area contributed by atoms with Crippen LogP contribution in [-0.2, 0) is 16.0 Å². The van der Waals surface area contributed by atoms with Crippen LogP contribution in [0.15, 0.2) is 34.8 Å². The Bertz CT molecular complexity index is 522. The summed E-state index contributed by atoms with van der Waals surface area (Å²) in [6.45, 7) is 2.31. The van der Waals surface area contributed by atoms with E-state index in [0.29, 0.717) is 12.9 Å². The summed E-state index contributed by atoms with van der Waals surface area (Å²) in [4.78, 5) is 10.2. The van der Waals surface area contributed by atoms with Crippen LogP contribution in [0.1, 0.15) is 12.6 Å². The smallest absolute Gasteiger partial charge is 0.293 e. The van der Waals surface area contributed by atoms with Gasteiger partial charge in [0.15, 0.2) is 0 Å². The van der Waals surface area contributed by atoms with Crippen LogP contribution < -0.4 is 0 Å². The van der Waals surface area contributed by atoms with Gasteiger partial charge >= 0.3 is 0 Å². The highest BCUT2D eigenvalue weighted by atomic mass is 79.9. The maximum Gasteiger partial charge on any atom is 0.293 e. The summed E-state index contributed by atoms with van der Waals surface area (Å²) in [6, 6.07) is 9.91. The molecule has 0 aliphatic heterocycles. The van der Waals surface area contributed by atoms with E-state index in [9.17, 15) is 4.79 Å². The SMILES string of the molecule is CC(Cc1cc(-c2ccc(Br)cc2)n[nH]1)OC=O. The number of aromatic nitrogens is 2. The molecule has 4 nitrogen and oxygen atoms in total. The van der Waals surface area contributed by atoms with E-state index in [-0.39, 0.29) is 6.10 Å². The van der Waals surface area contributed by atoms with Gasteiger partial charge in [0.2, 0.25) is 0 Å². The van der Waals surface area contributed by atoms with E-state index in [2.05, 4.69) is 26.1 Å². The lowest BCUT2D eigenvalue weighted by atomic mass is 10.1. The predicted molar refractivity (Wildman–Crippen MR) is 72.0 cm³/mol. The number of hydrogen-bond acceptors (Lipinski definition) is 3. The van der Waals surface area contributed by atoms with E-state index >= 15 is 0 Å². The van der Waals surface area contributed by atoms with Crippen LogP contribution in [0, 0.1) is 0 Å². The van der Waals surface area contributed by atoms with Crippen molar-refractivity contribution < 1.29 is 9.53 Å². The number of carbonyl (C=O) groups excluding carboxylic acids is 1. The minimum absolute atomic E-state index is 0.152. The maximum atomic E-state index is 10.2. The molecule has 0 bridgehead atoms. The van der Waals surface area contributed by atoms with Gasteiger partial charge < -0.3 is 4.74 Å². The Hall–Kier alpha value is -1.62. The van der Waals surface area contributed by atoms with Crippen LogP contribution in [0.4, 0.5) is 0 Å². The molecule has 0 aliphatic carbocycles. The Morgan fingerprint density at radius 1 is 1.44 bits per heavy atom. The fourth-order valence-corrected chi connectivity index (χ4v) is 1.95. The molecule has 1 aromatic carbocycles. The van der Waals surface area contributed by atoms with Crippen molar-refractivity contribution in [3.05, 3.63) is 40.5 Å². The fourth-order valence-electron chi connectivity index (χ4n) is 1.69. The lowest BCUT2D eigenvalue weighted by Crippen LogP contribution is -2.10. The predicted octanol–water partition coefficient (Wildman–Crippen LogP) is 2.94. The first-order chi connectivity index (χ1) is 8.69. The first kappa shape index (κ1) is 12.8. The molecule has 0 fully saturated rings. The van der Waals surface area contributed by atoms with E-state index in [1.807, 2.05) is 37.3 Å². The topological polar surface area (TPSA) is 55.0 Å². The molecule has 5 heteroatoms. The van der Waals surface area contributed by atoms with E-state index in [1.54, 1.807) is 0 Å². The van der Waals surface area contributed by atoms with Crippen molar-refractivity contribution in [3.63, 3.8) is 0 Å². The molecule has 0 saturated carbocycles. The highest BCUT2D eigenvalue weighted by Gasteiger charge is 2.08. The molecule has 0 radical (unpaired) electrons. The minimum atomic E-state index is -0.152. The minimum Gasteiger partial charge on any atom is -0.464 e. The number of aromatic amines is 1. The Labute approximate surface area is 113 Å². The molecule has 0 aliphatic rings. The molecule has 1 heterocycles. The molecular weight excluding hydrogens is 296 g/mol. The molecule has 2 aromatic rings. The quantitative estimate of drug-likeness (QED) is 0.864. The lowest BCUT2D eigenvalue weighted by molar-refractivity contribution is -0.132. The number of benzene rings is 1. The van der Waals surface area contributed by atoms with Crippen molar-refractivity contribution in [1.82, 2.24) is 10.2 Å². The summed E-state index contributed by atoms with van der Waals surface area (Å²) in [5.74, 6) is 0. The van der Waals surface area contributed by atoms with Crippen LogP contribution >= 0.6 is 15.9 Å². The van der Waals surface area contributed by atoms with Gasteiger partial charge in [-0.2, -0.15) is 5.10 Å². The summed E-state index contributed by atoms with van der Waals surface area (Å²) in [6.07, 6.45) is 0.475. The van der Waals surface area contributed by atoms with Gasteiger partial charge in [-0.15, -0.1) is 0 Å². The zero-order chi connectivity index (χ0) is 13.0. The third-order valence-electron chi connectivity index (χ3n) is 2.57. The van der Waals surface area contributed by atoms with Gasteiger partial charge in [0.1, 0.15) is 6.10 Å². The van der Waals surface area contributed by atoms with E-state index in [0.717, 1.165) is 21.4 Å². The number of carbonyl (C=O) groups is 1. The van der Waals surface area contributed by atoms with Crippen LogP contribution in [-0.4, -0.2) is 22.8 Å². The van der Waals surface area contributed by atoms with Gasteiger partial charge in [0.05, 0.1) is 5.69 Å². The van der Waals surface area contributed by atoms with Crippen LogP contribution in [0.25, 0.3) is 11.3 Å². The normalized spacial score (nSPS) is 12.1. The Morgan fingerprint density at radius 2 is 2.17 bits per heavy atom. The van der Waals surface area contributed by atoms with Crippen molar-refractivity contribution in [3.8, 4) is 11.3 Å². The van der Waals surface area contributed by atoms with Gasteiger partial charge in [-0.25, -0.2) is 0 Å². The molecule has 2 rings (SSSR count). The summed E-state index contributed by atoms with van der Waals surface area (Å²) in [5, 5.41) is 7.20. The van der Waals surface area contributed by atoms with Crippen molar-refractivity contribution in [2.24, 2.45) is 0 Å². The fraction of sp³-hybridized carbons (Fsp3) is 0.231. The van der Waals surface area contributed by atoms with Gasteiger partial charge in [-0.1, -0.05) is 28.1 Å². The highest BCUT2D eigenvalue weighted by Crippen LogP contribution is 2.20. The molecule has 0 spiro atoms. The summed E-state index contributed by atoms with van der Waals surface area (Å²) < 4.78 is 5.88. The van der Waals surface area contributed by atoms with Crippen LogP contribution in [0.5, 0.6) is 0 Å². The number of ether oxygens (including phenoxy) is 1. The average Bonchev–Trinajstić information content (AvgIpc) is 2.78. The first-order valence-corrected chi connectivity index (χ1v) is 6.37. The van der Waals surface area contributed by atoms with Crippen LogP contribution in [0.2, 0.25) is 0 Å². The zero-order valence-corrected chi connectivity index (χ0v) is 11.5. The van der Waals surface area contributed by atoms with Crippen molar-refractivity contribution in [2.75, 3.05) is 0 Å². The molecule has 1 unspecified atom stereocenters. The standard InChI is InChI=1S/C13H13BrN2O2/c1-9(18-8-17)6-12-7-13(16-15-12)10-2-4-11(14)5-3-10/h2-5,7-9H,6H2,1H3,(H,15,16). The molecule has 0 saturated heterocycles. The molecular formula is C13H13BrN2O2. The molecule has 18 heavy (non-hydrogen) atoms. The maximum absolute atomic E-state index is 10.2. The zero-order valence-electron chi connectivity index (χ0n) is 9.89. The van der Waals surface area contributed by atoms with Gasteiger partial charge in [-0.3, -0.25) is 9.89 Å². The summed E-state index contributed by atoms with van der Waals surface area (Å²) >= 11 is 3.40. The third-order valence-corrected chi connectivity index (χ3v) is 3.09. The highest BCUT2D eigenvalue weighted by molar-refractivity contribution is 9.10. The number of nitrogens with zero attached hydrogens (tertiary/aromatic N) is 1. The Kier molecular flexibility index (Phi) is 4.15. The number of hydrogen-bond donors (Lipinski definition) is 1. The molecule has 1 atom stereocenters. The second-order valence-electron chi connectivity index (χ2n) is 4.03. The van der Waals surface area contributed by atoms with E-state index in [1.165, 1.54) is 0 Å². The van der Waals surface area contributed by atoms with Gasteiger partial charge in [0, 0.05) is 22.2 Å². The van der Waals surface area contributed by atoms with Gasteiger partial charge in [-0.05, 0) is 25.1 Å².